The smallest absolute Gasteiger partial charge is 0.410 e. The topological polar surface area (TPSA) is 108 Å². The number of likely N-dealkylation sites (tertiary alicyclic amines) is 1. The number of thioether (sulfide) groups is 1. The van der Waals surface area contributed by atoms with Crippen molar-refractivity contribution < 1.29 is 23.8 Å². The molecule has 1 amide bonds. The van der Waals surface area contributed by atoms with E-state index in [0.717, 1.165) is 77.2 Å². The molecule has 1 saturated heterocycles. The molecule has 4 rings (SSSR count). The van der Waals surface area contributed by atoms with Gasteiger partial charge in [0.1, 0.15) is 12.3 Å². The van der Waals surface area contributed by atoms with E-state index >= 15 is 0 Å². The molecule has 3 heterocycles. The number of anilines is 1. The van der Waals surface area contributed by atoms with E-state index in [0.29, 0.717) is 57.1 Å². The van der Waals surface area contributed by atoms with Crippen LogP contribution in [0.1, 0.15) is 85.1 Å². The van der Waals surface area contributed by atoms with Gasteiger partial charge in [-0.25, -0.2) is 14.8 Å². The number of carbonyl (C=O) groups excluding carboxylic acids is 2. The van der Waals surface area contributed by atoms with Gasteiger partial charge in [-0.2, -0.15) is 0 Å². The second-order valence-electron chi connectivity index (χ2n) is 16.3. The first kappa shape index (κ1) is 42.4. The molecule has 2 aromatic heterocycles. The predicted molar refractivity (Wildman–Crippen MR) is 221 cm³/mol. The van der Waals surface area contributed by atoms with Gasteiger partial charge in [0.25, 0.3) is 0 Å². The second kappa shape index (κ2) is 19.8. The van der Waals surface area contributed by atoms with Crippen LogP contribution < -0.4 is 5.32 Å². The van der Waals surface area contributed by atoms with Gasteiger partial charge in [0.05, 0.1) is 24.2 Å². The van der Waals surface area contributed by atoms with Gasteiger partial charge in [0.15, 0.2) is 0 Å². The van der Waals surface area contributed by atoms with E-state index in [1.165, 1.54) is 0 Å². The van der Waals surface area contributed by atoms with Crippen LogP contribution >= 0.6 is 11.8 Å². The molecule has 12 heteroatoms. The Kier molecular flexibility index (Phi) is 15.9. The fourth-order valence-electron chi connectivity index (χ4n) is 6.30. The van der Waals surface area contributed by atoms with Crippen LogP contribution in [0, 0.1) is 5.92 Å². The summed E-state index contributed by atoms with van der Waals surface area (Å²) in [4.78, 5) is 38.1. The fourth-order valence-corrected chi connectivity index (χ4v) is 8.08. The summed E-state index contributed by atoms with van der Waals surface area (Å²) in [5.74, 6) is 1.39. The summed E-state index contributed by atoms with van der Waals surface area (Å²) in [7, 11) is -1.26. The third kappa shape index (κ3) is 13.2. The summed E-state index contributed by atoms with van der Waals surface area (Å²) in [6, 6.07) is 7.35. The molecule has 1 N–H and O–H groups in total. The minimum absolute atomic E-state index is 0.0151. The average molecular weight is 766 g/mol. The second-order valence-corrected chi connectivity index (χ2v) is 23.1. The highest BCUT2D eigenvalue weighted by Gasteiger charge is 2.28. The van der Waals surface area contributed by atoms with E-state index < -0.39 is 13.7 Å². The van der Waals surface area contributed by atoms with Gasteiger partial charge in [-0.05, 0) is 58.1 Å². The van der Waals surface area contributed by atoms with Gasteiger partial charge < -0.3 is 29.0 Å². The van der Waals surface area contributed by atoms with Gasteiger partial charge in [-0.15, -0.1) is 11.8 Å². The van der Waals surface area contributed by atoms with Crippen molar-refractivity contribution in [2.24, 2.45) is 5.92 Å². The Hall–Kier alpha value is -3.35. The average Bonchev–Trinajstić information content (AvgIpc) is 3.48. The largest absolute Gasteiger partial charge is 0.465 e. The SMILES string of the molecule is C=Cc1cnc(N[C@H]2CCCN(C(=O)OC(C)(C)C)C2)nc1-c1cn(COCC[Si](C)(C)C)c2c(SCCC(=O)OCC(CC)CCCC)cccc12. The molecule has 292 valence electrons. The number of nitrogens with one attached hydrogen (secondary N) is 1. The van der Waals surface area contributed by atoms with Crippen molar-refractivity contribution in [3.8, 4) is 11.3 Å². The molecule has 1 unspecified atom stereocenters. The number of unbranched alkanes of at least 4 members (excludes halogenated alkanes) is 1. The number of benzene rings is 1. The van der Waals surface area contributed by atoms with Crippen molar-refractivity contribution in [2.45, 2.75) is 129 Å². The first-order chi connectivity index (χ1) is 25.2. The zero-order valence-corrected chi connectivity index (χ0v) is 35.3. The number of aromatic nitrogens is 3. The zero-order chi connectivity index (χ0) is 38.6. The lowest BCUT2D eigenvalue weighted by Gasteiger charge is -2.34. The van der Waals surface area contributed by atoms with Crippen LogP contribution in [-0.2, 0) is 25.7 Å². The van der Waals surface area contributed by atoms with Crippen LogP contribution in [0.15, 0.2) is 42.1 Å². The monoisotopic (exact) mass is 765 g/mol. The van der Waals surface area contributed by atoms with Crippen molar-refractivity contribution in [2.75, 3.05) is 37.4 Å². The van der Waals surface area contributed by atoms with Crippen LogP contribution in [0.25, 0.3) is 28.2 Å². The van der Waals surface area contributed by atoms with Crippen molar-refractivity contribution in [1.29, 1.82) is 0 Å². The Balaban J connectivity index is 1.58. The molecule has 1 aliphatic rings. The van der Waals surface area contributed by atoms with Gasteiger partial charge in [0, 0.05) is 73.4 Å². The lowest BCUT2D eigenvalue weighted by atomic mass is 10.0. The maximum Gasteiger partial charge on any atom is 0.410 e. The molecule has 1 aromatic carbocycles. The van der Waals surface area contributed by atoms with E-state index in [9.17, 15) is 9.59 Å². The normalized spacial score (nSPS) is 15.7. The molecule has 2 atom stereocenters. The molecule has 0 spiro atoms. The highest BCUT2D eigenvalue weighted by Crippen LogP contribution is 2.38. The van der Waals surface area contributed by atoms with Crippen molar-refractivity contribution in [3.05, 3.63) is 42.7 Å². The summed E-state index contributed by atoms with van der Waals surface area (Å²) in [5, 5.41) is 4.54. The highest BCUT2D eigenvalue weighted by atomic mass is 32.2. The maximum atomic E-state index is 12.8. The summed E-state index contributed by atoms with van der Waals surface area (Å²) >= 11 is 1.66. The lowest BCUT2D eigenvalue weighted by molar-refractivity contribution is -0.144. The highest BCUT2D eigenvalue weighted by molar-refractivity contribution is 7.99. The Morgan fingerprint density at radius 3 is 2.70 bits per heavy atom. The lowest BCUT2D eigenvalue weighted by Crippen LogP contribution is -2.47. The molecule has 10 nitrogen and oxygen atoms in total. The minimum atomic E-state index is -1.26. The first-order valence-electron chi connectivity index (χ1n) is 19.4. The molecule has 1 aliphatic heterocycles. The molecule has 3 aromatic rings. The van der Waals surface area contributed by atoms with E-state index in [-0.39, 0.29) is 18.1 Å². The molecule has 0 saturated carbocycles. The summed E-state index contributed by atoms with van der Waals surface area (Å²) in [5.41, 5.74) is 3.03. The molecular formula is C41H63N5O5SSi. The number of hydrogen-bond donors (Lipinski definition) is 1. The minimum Gasteiger partial charge on any atom is -0.465 e. The molecule has 0 radical (unpaired) electrons. The number of esters is 1. The molecule has 53 heavy (non-hydrogen) atoms. The van der Waals surface area contributed by atoms with Crippen LogP contribution in [-0.4, -0.2) is 83.3 Å². The predicted octanol–water partition coefficient (Wildman–Crippen LogP) is 10.1. The Labute approximate surface area is 322 Å². The standard InChI is InChI=1S/C41H63N5O5SSi/c1-10-13-16-30(11-2)28-50-36(47)20-23-52-35-19-14-18-33-34(27-46(38(33)35)29-49-22-24-53(7,8)9)37-31(12-3)25-42-39(44-37)43-32-17-15-21-45(26-32)40(48)51-41(4,5)6/h12,14,18-19,25,27,30,32H,3,10-11,13,15-17,20-24,26,28-29H2,1-2,4-9H3,(H,42,43,44)/t30?,32-/m0/s1. The van der Waals surface area contributed by atoms with E-state index in [4.69, 9.17) is 19.2 Å². The van der Waals surface area contributed by atoms with Crippen LogP contribution in [0.4, 0.5) is 10.7 Å². The van der Waals surface area contributed by atoms with Gasteiger partial charge in [-0.3, -0.25) is 4.79 Å². The Bertz CT molecular complexity index is 1670. The van der Waals surface area contributed by atoms with Crippen molar-refractivity contribution in [1.82, 2.24) is 19.4 Å². The quantitative estimate of drug-likeness (QED) is 0.0552. The van der Waals surface area contributed by atoms with Gasteiger partial charge in [-0.1, -0.05) is 77.5 Å². The van der Waals surface area contributed by atoms with E-state index in [1.807, 2.05) is 20.8 Å². The van der Waals surface area contributed by atoms with Crippen LogP contribution in [0.5, 0.6) is 0 Å². The first-order valence-corrected chi connectivity index (χ1v) is 24.1. The number of nitrogens with zero attached hydrogens (tertiary/aromatic N) is 4. The number of piperidine rings is 1. The zero-order valence-electron chi connectivity index (χ0n) is 33.5. The molecule has 0 aliphatic carbocycles. The number of para-hydroxylation sites is 1. The number of carbonyl (C=O) groups is 2. The van der Waals surface area contributed by atoms with Crippen LogP contribution in [0.3, 0.4) is 0 Å². The molecular weight excluding hydrogens is 703 g/mol. The number of fused-ring (bicyclic) bond motifs is 1. The number of amides is 1. The Morgan fingerprint density at radius 2 is 2.00 bits per heavy atom. The maximum absolute atomic E-state index is 12.8. The number of ether oxygens (including phenoxy) is 3. The van der Waals surface area contributed by atoms with Crippen LogP contribution in [0.2, 0.25) is 25.7 Å². The number of hydrogen-bond acceptors (Lipinski definition) is 9. The van der Waals surface area contributed by atoms with Crippen molar-refractivity contribution in [3.63, 3.8) is 0 Å². The van der Waals surface area contributed by atoms with Gasteiger partial charge >= 0.3 is 12.1 Å². The molecule has 1 fully saturated rings. The van der Waals surface area contributed by atoms with Gasteiger partial charge in [0.2, 0.25) is 5.95 Å². The van der Waals surface area contributed by atoms with E-state index in [2.05, 4.69) is 79.3 Å². The summed E-state index contributed by atoms with van der Waals surface area (Å²) < 4.78 is 19.8. The third-order valence-electron chi connectivity index (χ3n) is 9.37. The third-order valence-corrected chi connectivity index (χ3v) is 12.1. The number of rotatable bonds is 19. The summed E-state index contributed by atoms with van der Waals surface area (Å²) in [6.07, 6.45) is 11.9. The fraction of sp³-hybridized carbons (Fsp3) is 0.610. The molecule has 0 bridgehead atoms. The van der Waals surface area contributed by atoms with E-state index in [1.54, 1.807) is 28.9 Å². The summed E-state index contributed by atoms with van der Waals surface area (Å²) in [6.45, 7) is 23.9. The Morgan fingerprint density at radius 1 is 1.21 bits per heavy atom. The van der Waals surface area contributed by atoms with Crippen molar-refractivity contribution >= 4 is 54.8 Å².